The third kappa shape index (κ3) is 5.61. The summed E-state index contributed by atoms with van der Waals surface area (Å²) in [6.45, 7) is 7.74. The molecule has 0 unspecified atom stereocenters. The van der Waals surface area contributed by atoms with Crippen LogP contribution in [0.1, 0.15) is 24.2 Å². The van der Waals surface area contributed by atoms with Gasteiger partial charge in [-0.05, 0) is 32.0 Å². The molecule has 0 heterocycles. The van der Waals surface area contributed by atoms with Gasteiger partial charge >= 0.3 is 5.97 Å². The predicted molar refractivity (Wildman–Crippen MR) is 83.0 cm³/mol. The van der Waals surface area contributed by atoms with Crippen LogP contribution in [0.5, 0.6) is 0 Å². The van der Waals surface area contributed by atoms with E-state index in [0.29, 0.717) is 45.2 Å². The molecule has 0 bridgehead atoms. The molecule has 0 aliphatic rings. The summed E-state index contributed by atoms with van der Waals surface area (Å²) in [7, 11) is 0. The van der Waals surface area contributed by atoms with Crippen molar-refractivity contribution in [3.05, 3.63) is 23.8 Å². The van der Waals surface area contributed by atoms with Crippen LogP contribution in [0.15, 0.2) is 18.2 Å². The number of carbonyl (C=O) groups is 1. The Labute approximate surface area is 125 Å². The molecule has 3 N–H and O–H groups in total. The van der Waals surface area contributed by atoms with Gasteiger partial charge in [0.15, 0.2) is 0 Å². The highest BCUT2D eigenvalue weighted by Gasteiger charge is 2.12. The van der Waals surface area contributed by atoms with Crippen LogP contribution in [0.4, 0.5) is 11.4 Å². The Bertz CT molecular complexity index is 441. The van der Waals surface area contributed by atoms with E-state index in [1.165, 1.54) is 6.07 Å². The molecule has 118 valence electrons. The van der Waals surface area contributed by atoms with Crippen molar-refractivity contribution in [2.75, 3.05) is 50.2 Å². The average molecular weight is 296 g/mol. The zero-order valence-corrected chi connectivity index (χ0v) is 12.7. The third-order valence-electron chi connectivity index (χ3n) is 3.03. The summed E-state index contributed by atoms with van der Waals surface area (Å²) >= 11 is 0. The van der Waals surface area contributed by atoms with Crippen molar-refractivity contribution < 1.29 is 19.4 Å². The Morgan fingerprint density at radius 3 is 2.19 bits per heavy atom. The fraction of sp³-hybridized carbons (Fsp3) is 0.533. The lowest BCUT2D eigenvalue weighted by atomic mass is 10.1. The summed E-state index contributed by atoms with van der Waals surface area (Å²) in [5.74, 6) is -0.983. The number of benzene rings is 1. The van der Waals surface area contributed by atoms with Crippen LogP contribution >= 0.6 is 0 Å². The van der Waals surface area contributed by atoms with Gasteiger partial charge in [0.2, 0.25) is 0 Å². The number of nitrogen functional groups attached to an aromatic ring is 1. The van der Waals surface area contributed by atoms with Gasteiger partial charge < -0.3 is 25.2 Å². The Hall–Kier alpha value is -1.79. The second-order valence-electron chi connectivity index (χ2n) is 4.46. The molecular weight excluding hydrogens is 272 g/mol. The minimum Gasteiger partial charge on any atom is -0.478 e. The Morgan fingerprint density at radius 1 is 1.19 bits per heavy atom. The molecule has 0 aromatic heterocycles. The molecule has 1 rings (SSSR count). The molecule has 0 atom stereocenters. The van der Waals surface area contributed by atoms with Crippen LogP contribution in [0, 0.1) is 0 Å². The number of nitrogens with zero attached hydrogens (tertiary/aromatic N) is 1. The van der Waals surface area contributed by atoms with Crippen molar-refractivity contribution in [3.63, 3.8) is 0 Å². The highest BCUT2D eigenvalue weighted by Crippen LogP contribution is 2.24. The van der Waals surface area contributed by atoms with Gasteiger partial charge in [0.25, 0.3) is 0 Å². The molecule has 1 aromatic carbocycles. The number of aromatic carboxylic acids is 1. The normalized spacial score (nSPS) is 10.6. The number of carboxylic acid groups (broad SMARTS) is 1. The van der Waals surface area contributed by atoms with E-state index in [9.17, 15) is 4.79 Å². The fourth-order valence-electron chi connectivity index (χ4n) is 1.97. The summed E-state index contributed by atoms with van der Waals surface area (Å²) in [4.78, 5) is 13.0. The van der Waals surface area contributed by atoms with E-state index in [2.05, 4.69) is 0 Å². The van der Waals surface area contributed by atoms with E-state index in [1.807, 2.05) is 18.7 Å². The molecule has 0 aliphatic carbocycles. The molecule has 0 aliphatic heterocycles. The number of hydrogen-bond acceptors (Lipinski definition) is 5. The van der Waals surface area contributed by atoms with Gasteiger partial charge in [0, 0.05) is 26.3 Å². The molecule has 1 aromatic rings. The summed E-state index contributed by atoms with van der Waals surface area (Å²) in [6.07, 6.45) is 0. The number of ether oxygens (including phenoxy) is 2. The second kappa shape index (κ2) is 9.20. The zero-order chi connectivity index (χ0) is 15.7. The van der Waals surface area contributed by atoms with E-state index in [1.54, 1.807) is 12.1 Å². The Kier molecular flexibility index (Phi) is 7.56. The molecule has 6 nitrogen and oxygen atoms in total. The lowest BCUT2D eigenvalue weighted by Crippen LogP contribution is -2.31. The monoisotopic (exact) mass is 296 g/mol. The molecule has 0 radical (unpaired) electrons. The largest absolute Gasteiger partial charge is 0.478 e. The van der Waals surface area contributed by atoms with Crippen molar-refractivity contribution >= 4 is 17.3 Å². The molecular formula is C15H24N2O4. The van der Waals surface area contributed by atoms with Gasteiger partial charge in [0.05, 0.1) is 30.2 Å². The van der Waals surface area contributed by atoms with Crippen LogP contribution in [0.2, 0.25) is 0 Å². The van der Waals surface area contributed by atoms with E-state index < -0.39 is 5.97 Å². The molecule has 0 amide bonds. The lowest BCUT2D eigenvalue weighted by Gasteiger charge is -2.26. The van der Waals surface area contributed by atoms with Gasteiger partial charge in [-0.2, -0.15) is 0 Å². The number of anilines is 2. The highest BCUT2D eigenvalue weighted by molar-refractivity contribution is 5.90. The van der Waals surface area contributed by atoms with E-state index in [4.69, 9.17) is 20.3 Å². The van der Waals surface area contributed by atoms with Crippen LogP contribution in [-0.4, -0.2) is 50.6 Å². The molecule has 6 heteroatoms. The van der Waals surface area contributed by atoms with Crippen molar-refractivity contribution in [2.24, 2.45) is 0 Å². The summed E-state index contributed by atoms with van der Waals surface area (Å²) in [5, 5.41) is 8.98. The SMILES string of the molecule is CCOCCN(CCOCC)c1ccc(C(=O)O)cc1N. The molecule has 0 fully saturated rings. The average Bonchev–Trinajstić information content (AvgIpc) is 2.46. The Balaban J connectivity index is 2.82. The smallest absolute Gasteiger partial charge is 0.335 e. The minimum atomic E-state index is -0.983. The minimum absolute atomic E-state index is 0.186. The standard InChI is InChI=1S/C15H24N2O4/c1-3-20-9-7-17(8-10-21-4-2)14-6-5-12(15(18)19)11-13(14)16/h5-6,11H,3-4,7-10,16H2,1-2H3,(H,18,19). The number of nitrogens with two attached hydrogens (primary N) is 1. The van der Waals surface area contributed by atoms with Crippen LogP contribution in [-0.2, 0) is 9.47 Å². The summed E-state index contributed by atoms with van der Waals surface area (Å²) in [6, 6.07) is 4.77. The van der Waals surface area contributed by atoms with E-state index in [0.717, 1.165) is 5.69 Å². The fourth-order valence-corrected chi connectivity index (χ4v) is 1.97. The molecule has 0 saturated heterocycles. The van der Waals surface area contributed by atoms with E-state index >= 15 is 0 Å². The maximum atomic E-state index is 10.9. The highest BCUT2D eigenvalue weighted by atomic mass is 16.5. The quantitative estimate of drug-likeness (QED) is 0.506. The van der Waals surface area contributed by atoms with Crippen molar-refractivity contribution in [1.82, 2.24) is 0 Å². The maximum Gasteiger partial charge on any atom is 0.335 e. The predicted octanol–water partition coefficient (Wildman–Crippen LogP) is 1.85. The number of rotatable bonds is 10. The summed E-state index contributed by atoms with van der Waals surface area (Å²) < 4.78 is 10.8. The van der Waals surface area contributed by atoms with Gasteiger partial charge in [0.1, 0.15) is 0 Å². The van der Waals surface area contributed by atoms with Crippen molar-refractivity contribution in [3.8, 4) is 0 Å². The van der Waals surface area contributed by atoms with Gasteiger partial charge in [-0.15, -0.1) is 0 Å². The third-order valence-corrected chi connectivity index (χ3v) is 3.03. The first-order valence-corrected chi connectivity index (χ1v) is 7.13. The topological polar surface area (TPSA) is 85.0 Å². The second-order valence-corrected chi connectivity index (χ2v) is 4.46. The molecule has 0 saturated carbocycles. The maximum absolute atomic E-state index is 10.9. The first kappa shape index (κ1) is 17.3. The molecule has 0 spiro atoms. The van der Waals surface area contributed by atoms with Gasteiger partial charge in [-0.25, -0.2) is 4.79 Å². The van der Waals surface area contributed by atoms with Crippen LogP contribution in [0.25, 0.3) is 0 Å². The lowest BCUT2D eigenvalue weighted by molar-refractivity contribution is 0.0697. The van der Waals surface area contributed by atoms with Crippen LogP contribution in [0.3, 0.4) is 0 Å². The molecule has 21 heavy (non-hydrogen) atoms. The number of carboxylic acids is 1. The van der Waals surface area contributed by atoms with Gasteiger partial charge in [-0.1, -0.05) is 0 Å². The first-order valence-electron chi connectivity index (χ1n) is 7.13. The Morgan fingerprint density at radius 2 is 1.76 bits per heavy atom. The van der Waals surface area contributed by atoms with Crippen LogP contribution < -0.4 is 10.6 Å². The van der Waals surface area contributed by atoms with Crippen molar-refractivity contribution in [2.45, 2.75) is 13.8 Å². The van der Waals surface area contributed by atoms with E-state index in [-0.39, 0.29) is 5.56 Å². The van der Waals surface area contributed by atoms with Crippen molar-refractivity contribution in [1.29, 1.82) is 0 Å². The zero-order valence-electron chi connectivity index (χ0n) is 12.7. The number of hydrogen-bond donors (Lipinski definition) is 2. The summed E-state index contributed by atoms with van der Waals surface area (Å²) in [5.41, 5.74) is 7.42. The first-order chi connectivity index (χ1) is 10.1. The van der Waals surface area contributed by atoms with Gasteiger partial charge in [-0.3, -0.25) is 0 Å².